The molecule has 0 bridgehead atoms. The zero-order valence-electron chi connectivity index (χ0n) is 21.2. The van der Waals surface area contributed by atoms with Gasteiger partial charge in [0.2, 0.25) is 11.8 Å². The van der Waals surface area contributed by atoms with Gasteiger partial charge in [0.25, 0.3) is 10.0 Å². The second-order valence-corrected chi connectivity index (χ2v) is 12.5. The van der Waals surface area contributed by atoms with Crippen LogP contribution in [-0.4, -0.2) is 60.7 Å². The first kappa shape index (κ1) is 28.7. The number of aromatic nitrogens is 1. The molecule has 39 heavy (non-hydrogen) atoms. The zero-order chi connectivity index (χ0) is 28.2. The van der Waals surface area contributed by atoms with E-state index in [0.29, 0.717) is 36.8 Å². The second-order valence-electron chi connectivity index (χ2n) is 9.08. The zero-order valence-corrected chi connectivity index (χ0v) is 23.6. The first-order valence-electron chi connectivity index (χ1n) is 12.0. The Bertz CT molecular complexity index is 1490. The molecular formula is C26H27ClFN5O4S2. The summed E-state index contributed by atoms with van der Waals surface area (Å²) >= 11 is 6.93. The summed E-state index contributed by atoms with van der Waals surface area (Å²) in [6, 6.07) is 11.0. The van der Waals surface area contributed by atoms with Crippen molar-refractivity contribution < 1.29 is 22.4 Å². The topological polar surface area (TPSA) is 112 Å². The van der Waals surface area contributed by atoms with Crippen LogP contribution in [0.1, 0.15) is 25.0 Å². The van der Waals surface area contributed by atoms with Gasteiger partial charge >= 0.3 is 0 Å². The van der Waals surface area contributed by atoms with E-state index in [0.717, 1.165) is 23.1 Å². The molecule has 206 valence electrons. The number of nitrogens with one attached hydrogen (secondary N) is 2. The number of carbonyl (C=O) groups is 2. The van der Waals surface area contributed by atoms with Gasteiger partial charge in [-0.2, -0.15) is 0 Å². The number of nitrogens with zero attached hydrogens (tertiary/aromatic N) is 3. The Hall–Kier alpha value is -3.32. The van der Waals surface area contributed by atoms with Gasteiger partial charge in [-0.3, -0.25) is 19.2 Å². The van der Waals surface area contributed by atoms with E-state index in [-0.39, 0.29) is 38.7 Å². The molecule has 1 aliphatic rings. The number of rotatable bonds is 8. The predicted octanol–water partition coefficient (Wildman–Crippen LogP) is 4.44. The smallest absolute Gasteiger partial charge is 0.273 e. The van der Waals surface area contributed by atoms with Gasteiger partial charge in [-0.05, 0) is 48.4 Å². The van der Waals surface area contributed by atoms with Crippen molar-refractivity contribution in [3.8, 4) is 0 Å². The number of halogens is 2. The summed E-state index contributed by atoms with van der Waals surface area (Å²) in [7, 11) is -4.03. The molecule has 4 rings (SSSR count). The van der Waals surface area contributed by atoms with Crippen molar-refractivity contribution in [3.05, 3.63) is 76.7 Å². The Morgan fingerprint density at radius 1 is 1.21 bits per heavy atom. The van der Waals surface area contributed by atoms with Gasteiger partial charge < -0.3 is 10.2 Å². The quantitative estimate of drug-likeness (QED) is 0.375. The Balaban J connectivity index is 1.42. The van der Waals surface area contributed by atoms with Crippen LogP contribution in [0.3, 0.4) is 0 Å². The number of anilines is 2. The third-order valence-corrected chi connectivity index (χ3v) is 8.99. The fraction of sp³-hybridized carbons (Fsp3) is 0.269. The molecule has 1 saturated heterocycles. The van der Waals surface area contributed by atoms with E-state index in [9.17, 15) is 22.4 Å². The Morgan fingerprint density at radius 3 is 2.64 bits per heavy atom. The molecule has 3 aromatic rings. The first-order valence-corrected chi connectivity index (χ1v) is 14.7. The number of thiazole rings is 1. The van der Waals surface area contributed by atoms with Crippen molar-refractivity contribution in [1.29, 1.82) is 0 Å². The maximum atomic E-state index is 13.2. The van der Waals surface area contributed by atoms with Crippen LogP contribution in [0.5, 0.6) is 0 Å². The molecule has 0 unspecified atom stereocenters. The third kappa shape index (κ3) is 7.63. The Kier molecular flexibility index (Phi) is 9.01. The van der Waals surface area contributed by atoms with E-state index in [1.807, 2.05) is 6.92 Å². The summed E-state index contributed by atoms with van der Waals surface area (Å²) < 4.78 is 41.5. The summed E-state index contributed by atoms with van der Waals surface area (Å²) in [5.41, 5.74) is 1.65. The molecule has 1 fully saturated rings. The molecule has 0 radical (unpaired) electrons. The average Bonchev–Trinajstić information content (AvgIpc) is 3.33. The Morgan fingerprint density at radius 2 is 1.95 bits per heavy atom. The standard InChI is InChI=1S/C26H27ClFN5O4S2/c1-17-15-32(16-19-3-8-22(28)9-4-19)11-12-33(17)24(35)10-6-20-5-7-21(27)13-23(20)31-39(36,37)25-14-29-26(38-25)30-18(2)34/h3-10,13-14,17,31H,11-12,15-16H2,1-2H3,(H,29,30,34)/t17-/m1/s1. The van der Waals surface area contributed by atoms with Crippen LogP contribution in [0.4, 0.5) is 15.2 Å². The van der Waals surface area contributed by atoms with E-state index in [2.05, 4.69) is 19.9 Å². The summed E-state index contributed by atoms with van der Waals surface area (Å²) in [4.78, 5) is 32.2. The lowest BCUT2D eigenvalue weighted by Crippen LogP contribution is -2.53. The maximum Gasteiger partial charge on any atom is 0.273 e. The van der Waals surface area contributed by atoms with Gasteiger partial charge in [0.05, 0.1) is 11.9 Å². The van der Waals surface area contributed by atoms with Gasteiger partial charge in [0.15, 0.2) is 9.34 Å². The van der Waals surface area contributed by atoms with Gasteiger partial charge in [0, 0.05) is 50.2 Å². The van der Waals surface area contributed by atoms with E-state index >= 15 is 0 Å². The van der Waals surface area contributed by atoms with Gasteiger partial charge in [0.1, 0.15) is 5.82 Å². The van der Waals surface area contributed by atoms with Crippen LogP contribution in [0.15, 0.2) is 58.9 Å². The van der Waals surface area contributed by atoms with Crippen molar-refractivity contribution in [2.45, 2.75) is 30.6 Å². The van der Waals surface area contributed by atoms with E-state index in [4.69, 9.17) is 11.6 Å². The molecule has 0 aliphatic carbocycles. The number of hydrogen-bond donors (Lipinski definition) is 2. The SMILES string of the molecule is CC(=O)Nc1ncc(S(=O)(=O)Nc2cc(Cl)ccc2C=CC(=O)N2CCN(Cc3ccc(F)cc3)C[C@H]2C)s1. The van der Waals surface area contributed by atoms with Crippen LogP contribution in [0.25, 0.3) is 6.08 Å². The fourth-order valence-electron chi connectivity index (χ4n) is 4.16. The van der Waals surface area contributed by atoms with Gasteiger partial charge in [-0.1, -0.05) is 41.1 Å². The fourth-order valence-corrected chi connectivity index (χ4v) is 6.49. The predicted molar refractivity (Wildman–Crippen MR) is 151 cm³/mol. The van der Waals surface area contributed by atoms with E-state index < -0.39 is 10.0 Å². The minimum absolute atomic E-state index is 0.0522. The van der Waals surface area contributed by atoms with Crippen LogP contribution in [0.2, 0.25) is 5.02 Å². The minimum atomic E-state index is -4.03. The lowest BCUT2D eigenvalue weighted by atomic mass is 10.1. The molecular weight excluding hydrogens is 565 g/mol. The molecule has 9 nitrogen and oxygen atoms in total. The van der Waals surface area contributed by atoms with E-state index in [1.54, 1.807) is 35.2 Å². The van der Waals surface area contributed by atoms with Crippen LogP contribution in [0, 0.1) is 5.82 Å². The molecule has 1 aromatic heterocycles. The minimum Gasteiger partial charge on any atom is -0.334 e. The van der Waals surface area contributed by atoms with Crippen LogP contribution in [-0.2, 0) is 26.2 Å². The normalized spacial score (nSPS) is 16.4. The molecule has 2 amide bonds. The lowest BCUT2D eigenvalue weighted by molar-refractivity contribution is -0.130. The van der Waals surface area contributed by atoms with Crippen molar-refractivity contribution in [1.82, 2.24) is 14.8 Å². The largest absolute Gasteiger partial charge is 0.334 e. The summed E-state index contributed by atoms with van der Waals surface area (Å²) in [6.07, 6.45) is 4.11. The van der Waals surface area contributed by atoms with Gasteiger partial charge in [-0.25, -0.2) is 17.8 Å². The molecule has 2 aromatic carbocycles. The molecule has 13 heteroatoms. The molecule has 2 heterocycles. The number of benzene rings is 2. The molecule has 1 atom stereocenters. The number of amides is 2. The van der Waals surface area contributed by atoms with Crippen molar-refractivity contribution >= 4 is 61.7 Å². The maximum absolute atomic E-state index is 13.2. The lowest BCUT2D eigenvalue weighted by Gasteiger charge is -2.39. The van der Waals surface area contributed by atoms with Crippen LogP contribution < -0.4 is 10.0 Å². The number of piperazine rings is 1. The molecule has 1 aliphatic heterocycles. The highest BCUT2D eigenvalue weighted by Gasteiger charge is 2.26. The second kappa shape index (κ2) is 12.2. The third-order valence-electron chi connectivity index (χ3n) is 6.01. The number of carbonyl (C=O) groups excluding carboxylic acids is 2. The summed E-state index contributed by atoms with van der Waals surface area (Å²) in [6.45, 7) is 5.79. The van der Waals surface area contributed by atoms with Crippen molar-refractivity contribution in [2.24, 2.45) is 0 Å². The van der Waals surface area contributed by atoms with Gasteiger partial charge in [-0.15, -0.1) is 0 Å². The monoisotopic (exact) mass is 591 g/mol. The highest BCUT2D eigenvalue weighted by atomic mass is 35.5. The first-order chi connectivity index (χ1) is 18.5. The van der Waals surface area contributed by atoms with Crippen molar-refractivity contribution in [2.75, 3.05) is 29.7 Å². The van der Waals surface area contributed by atoms with Crippen molar-refractivity contribution in [3.63, 3.8) is 0 Å². The molecule has 0 saturated carbocycles. The molecule has 2 N–H and O–H groups in total. The number of hydrogen-bond acceptors (Lipinski definition) is 7. The Labute approximate surface area is 235 Å². The summed E-state index contributed by atoms with van der Waals surface area (Å²) in [5, 5.41) is 2.92. The highest BCUT2D eigenvalue weighted by molar-refractivity contribution is 7.94. The average molecular weight is 592 g/mol. The number of sulfonamides is 1. The highest BCUT2D eigenvalue weighted by Crippen LogP contribution is 2.29. The summed E-state index contributed by atoms with van der Waals surface area (Å²) in [5.74, 6) is -0.836. The molecule has 0 spiro atoms. The van der Waals surface area contributed by atoms with E-state index in [1.165, 1.54) is 31.2 Å². The van der Waals surface area contributed by atoms with Crippen LogP contribution >= 0.6 is 22.9 Å².